The first-order valence-electron chi connectivity index (χ1n) is 5.89. The van der Waals surface area contributed by atoms with E-state index >= 15 is 0 Å². The Labute approximate surface area is 148 Å². The third kappa shape index (κ3) is 10.2. The summed E-state index contributed by atoms with van der Waals surface area (Å²) in [5, 5.41) is 0.752. The van der Waals surface area contributed by atoms with E-state index in [1.165, 1.54) is 11.6 Å². The van der Waals surface area contributed by atoms with E-state index < -0.39 is 10.1 Å². The molecule has 0 aliphatic carbocycles. The number of hydrogen-bond acceptors (Lipinski definition) is 2. The van der Waals surface area contributed by atoms with E-state index in [1.54, 1.807) is 24.3 Å². The fraction of sp³-hybridized carbons (Fsp3) is 0. The first-order chi connectivity index (χ1) is 9.51. The van der Waals surface area contributed by atoms with Crippen molar-refractivity contribution in [2.45, 2.75) is 0 Å². The van der Waals surface area contributed by atoms with Crippen molar-refractivity contribution in [1.29, 1.82) is 0 Å². The number of rotatable bonds is 3. The van der Waals surface area contributed by atoms with Crippen molar-refractivity contribution < 1.29 is 13.0 Å². The summed E-state index contributed by atoms with van der Waals surface area (Å²) in [6, 6.07) is 18.9. The molecule has 2 aromatic rings. The topological polar surface area (TPSA) is 54.4 Å². The molecule has 0 aliphatic rings. The molecule has 0 atom stereocenters. The molecule has 0 amide bonds. The number of hydrogen-bond donors (Lipinski definition) is 1. The van der Waals surface area contributed by atoms with Crippen LogP contribution in [-0.2, 0) is 10.1 Å². The summed E-state index contributed by atoms with van der Waals surface area (Å²) in [7, 11) is -4.00. The molecule has 105 valence electrons. The average Bonchev–Trinajstić information content (AvgIpc) is 2.47. The predicted octanol–water partition coefficient (Wildman–Crippen LogP) is 3.49. The van der Waals surface area contributed by atoms with E-state index in [1.807, 2.05) is 42.5 Å². The Morgan fingerprint density at radius 2 is 1.29 bits per heavy atom. The molecule has 0 saturated heterocycles. The molecule has 2 aromatic carbocycles. The van der Waals surface area contributed by atoms with Crippen LogP contribution in [0.15, 0.2) is 72.7 Å². The van der Waals surface area contributed by atoms with Gasteiger partial charge < -0.3 is 0 Å². The van der Waals surface area contributed by atoms with Gasteiger partial charge in [0.1, 0.15) is 0 Å². The van der Waals surface area contributed by atoms with Crippen LogP contribution in [0.3, 0.4) is 0 Å². The van der Waals surface area contributed by atoms with Gasteiger partial charge in [0, 0.05) is 29.6 Å². The molecule has 0 fully saturated rings. The van der Waals surface area contributed by atoms with E-state index in [-0.39, 0.29) is 29.6 Å². The zero-order valence-corrected chi connectivity index (χ0v) is 14.7. The fourth-order valence-electron chi connectivity index (χ4n) is 1.32. The Hall–Kier alpha value is -1.17. The van der Waals surface area contributed by atoms with Crippen molar-refractivity contribution in [2.75, 3.05) is 0 Å². The maximum absolute atomic E-state index is 10.3. The Kier molecular flexibility index (Phi) is 9.95. The van der Waals surface area contributed by atoms with Crippen molar-refractivity contribution in [2.24, 2.45) is 0 Å². The monoisotopic (exact) mass is 311 g/mol. The summed E-state index contributed by atoms with van der Waals surface area (Å²) in [4.78, 5) is 0. The molecular formula is C16H16NaO3S. The maximum atomic E-state index is 10.3. The quantitative estimate of drug-likeness (QED) is 0.697. The third-order valence-electron chi connectivity index (χ3n) is 2.27. The fourth-order valence-corrected chi connectivity index (χ4v) is 1.65. The third-order valence-corrected chi connectivity index (χ3v) is 2.75. The van der Waals surface area contributed by atoms with Gasteiger partial charge in [-0.15, -0.1) is 0 Å². The molecule has 5 heteroatoms. The molecule has 0 heterocycles. The van der Waals surface area contributed by atoms with Crippen molar-refractivity contribution in [3.05, 3.63) is 83.8 Å². The summed E-state index contributed by atoms with van der Waals surface area (Å²) in [6.07, 6.45) is 3.16. The van der Waals surface area contributed by atoms with Crippen LogP contribution >= 0.6 is 0 Å². The van der Waals surface area contributed by atoms with Crippen LogP contribution in [0.4, 0.5) is 0 Å². The zero-order valence-electron chi connectivity index (χ0n) is 11.9. The minimum Gasteiger partial charge on any atom is -0.282 e. The minimum absolute atomic E-state index is 0. The largest absolute Gasteiger partial charge is 0.287 e. The SMILES string of the molecule is C=Cc1ccccc1.O=S(=O)(O)C=Cc1ccccc1.[Na]. The van der Waals surface area contributed by atoms with Gasteiger partial charge in [0.05, 0.1) is 5.41 Å². The van der Waals surface area contributed by atoms with Crippen LogP contribution in [0.25, 0.3) is 12.2 Å². The van der Waals surface area contributed by atoms with E-state index in [9.17, 15) is 8.42 Å². The second-order valence-corrected chi connectivity index (χ2v) is 5.15. The Balaban J connectivity index is 0.000000390. The molecule has 0 spiro atoms. The van der Waals surface area contributed by atoms with Crippen molar-refractivity contribution in [1.82, 2.24) is 0 Å². The van der Waals surface area contributed by atoms with E-state index in [0.717, 1.165) is 11.0 Å². The normalized spacial score (nSPS) is 10.1. The zero-order chi connectivity index (χ0) is 14.8. The standard InChI is InChI=1S/C8H8O3S.C8H8.Na/c9-12(10,11)7-6-8-4-2-1-3-5-8;1-2-8-6-4-3-5-7-8;/h1-7H,(H,9,10,11);2-7H,1H2;. The van der Waals surface area contributed by atoms with Gasteiger partial charge >= 0.3 is 0 Å². The Morgan fingerprint density at radius 1 is 0.857 bits per heavy atom. The van der Waals surface area contributed by atoms with Crippen molar-refractivity contribution in [3.63, 3.8) is 0 Å². The molecule has 0 unspecified atom stereocenters. The second kappa shape index (κ2) is 10.5. The van der Waals surface area contributed by atoms with Crippen LogP contribution < -0.4 is 0 Å². The van der Waals surface area contributed by atoms with Crippen LogP contribution in [-0.4, -0.2) is 42.5 Å². The van der Waals surface area contributed by atoms with Gasteiger partial charge in [0.2, 0.25) is 0 Å². The molecule has 1 N–H and O–H groups in total. The minimum atomic E-state index is -4.00. The van der Waals surface area contributed by atoms with Crippen LogP contribution in [0, 0.1) is 0 Å². The van der Waals surface area contributed by atoms with Gasteiger partial charge in [-0.25, -0.2) is 0 Å². The van der Waals surface area contributed by atoms with Gasteiger partial charge in [-0.3, -0.25) is 4.55 Å². The maximum Gasteiger partial charge on any atom is 0.287 e. The molecule has 3 nitrogen and oxygen atoms in total. The Bertz CT molecular complexity index is 650. The van der Waals surface area contributed by atoms with Gasteiger partial charge in [0.25, 0.3) is 10.1 Å². The van der Waals surface area contributed by atoms with Crippen molar-refractivity contribution in [3.8, 4) is 0 Å². The molecular weight excluding hydrogens is 295 g/mol. The van der Waals surface area contributed by atoms with E-state index in [4.69, 9.17) is 4.55 Å². The molecule has 1 radical (unpaired) electrons. The van der Waals surface area contributed by atoms with Gasteiger partial charge in [-0.2, -0.15) is 8.42 Å². The van der Waals surface area contributed by atoms with E-state index in [2.05, 4.69) is 6.58 Å². The number of benzene rings is 2. The summed E-state index contributed by atoms with van der Waals surface area (Å²) in [5.74, 6) is 0. The van der Waals surface area contributed by atoms with Gasteiger partial charge in [0.15, 0.2) is 0 Å². The van der Waals surface area contributed by atoms with Crippen LogP contribution in [0.1, 0.15) is 11.1 Å². The first-order valence-corrected chi connectivity index (χ1v) is 7.40. The molecule has 2 rings (SSSR count). The molecule has 0 aromatic heterocycles. The molecule has 0 saturated carbocycles. The molecule has 0 aliphatic heterocycles. The van der Waals surface area contributed by atoms with Crippen molar-refractivity contribution >= 4 is 51.8 Å². The molecule has 21 heavy (non-hydrogen) atoms. The van der Waals surface area contributed by atoms with Crippen LogP contribution in [0.5, 0.6) is 0 Å². The summed E-state index contributed by atoms with van der Waals surface area (Å²) < 4.78 is 28.9. The van der Waals surface area contributed by atoms with Gasteiger partial charge in [-0.05, 0) is 17.2 Å². The second-order valence-electron chi connectivity index (χ2n) is 3.84. The predicted molar refractivity (Wildman–Crippen MR) is 89.3 cm³/mol. The smallest absolute Gasteiger partial charge is 0.282 e. The molecule has 0 bridgehead atoms. The Morgan fingerprint density at radius 3 is 1.62 bits per heavy atom. The summed E-state index contributed by atoms with van der Waals surface area (Å²) in [5.41, 5.74) is 1.91. The average molecular weight is 311 g/mol. The van der Waals surface area contributed by atoms with Crippen LogP contribution in [0.2, 0.25) is 0 Å². The summed E-state index contributed by atoms with van der Waals surface area (Å²) >= 11 is 0. The van der Waals surface area contributed by atoms with Gasteiger partial charge in [-0.1, -0.05) is 73.3 Å². The summed E-state index contributed by atoms with van der Waals surface area (Å²) in [6.45, 7) is 3.63. The first kappa shape index (κ1) is 19.8. The van der Waals surface area contributed by atoms with E-state index in [0.29, 0.717) is 0 Å².